The Morgan fingerprint density at radius 2 is 2.00 bits per heavy atom. The maximum absolute atomic E-state index is 10.6. The van der Waals surface area contributed by atoms with Crippen molar-refractivity contribution < 1.29 is 9.90 Å². The first-order valence-electron chi connectivity index (χ1n) is 4.53. The van der Waals surface area contributed by atoms with Gasteiger partial charge in [-0.2, -0.15) is 0 Å². The molecule has 0 unspecified atom stereocenters. The van der Waals surface area contributed by atoms with Crippen LogP contribution in [-0.4, -0.2) is 18.1 Å². The summed E-state index contributed by atoms with van der Waals surface area (Å²) in [7, 11) is 1.88. The number of halogens is 3. The fourth-order valence-electron chi connectivity index (χ4n) is 1.32. The highest BCUT2D eigenvalue weighted by Crippen LogP contribution is 2.32. The van der Waals surface area contributed by atoms with Gasteiger partial charge in [0.15, 0.2) is 0 Å². The lowest BCUT2D eigenvalue weighted by Gasteiger charge is -2.13. The van der Waals surface area contributed by atoms with Crippen LogP contribution in [0.5, 0.6) is 0 Å². The van der Waals surface area contributed by atoms with Gasteiger partial charge < -0.3 is 10.4 Å². The summed E-state index contributed by atoms with van der Waals surface area (Å²) < 4.78 is 3.41. The van der Waals surface area contributed by atoms with Gasteiger partial charge in [-0.15, -0.1) is 0 Å². The standard InChI is InChI=1S/C10H10I3NO2/c1-14-10-7(12)4-6(11)5(9(10)13)2-3-8(15)16/h4,14H,2-3H2,1H3,(H,15,16). The molecule has 0 aliphatic rings. The van der Waals surface area contributed by atoms with E-state index in [0.717, 1.165) is 22.0 Å². The molecule has 0 saturated heterocycles. The minimum atomic E-state index is -0.754. The number of carboxylic acid groups (broad SMARTS) is 1. The Bertz CT molecular complexity index is 421. The van der Waals surface area contributed by atoms with Crippen LogP contribution in [-0.2, 0) is 11.2 Å². The molecule has 0 heterocycles. The van der Waals surface area contributed by atoms with Crippen LogP contribution < -0.4 is 5.32 Å². The first-order chi connectivity index (χ1) is 7.47. The van der Waals surface area contributed by atoms with Gasteiger partial charge in [0.05, 0.1) is 5.69 Å². The van der Waals surface area contributed by atoms with Gasteiger partial charge in [0, 0.05) is 24.2 Å². The fourth-order valence-corrected chi connectivity index (χ4v) is 5.77. The summed E-state index contributed by atoms with van der Waals surface area (Å²) in [5.41, 5.74) is 2.20. The molecule has 0 atom stereocenters. The second-order valence-corrected chi connectivity index (χ2v) is 6.55. The van der Waals surface area contributed by atoms with Crippen LogP contribution in [0.3, 0.4) is 0 Å². The molecule has 0 bridgehead atoms. The lowest BCUT2D eigenvalue weighted by Crippen LogP contribution is -2.05. The van der Waals surface area contributed by atoms with Gasteiger partial charge in [0.25, 0.3) is 0 Å². The van der Waals surface area contributed by atoms with Crippen molar-refractivity contribution in [2.45, 2.75) is 12.8 Å². The van der Waals surface area contributed by atoms with E-state index in [9.17, 15) is 4.79 Å². The minimum absolute atomic E-state index is 0.176. The summed E-state index contributed by atoms with van der Waals surface area (Å²) in [4.78, 5) is 10.6. The molecule has 1 aromatic carbocycles. The maximum atomic E-state index is 10.6. The van der Waals surface area contributed by atoms with Crippen molar-refractivity contribution in [1.29, 1.82) is 0 Å². The summed E-state index contributed by atoms with van der Waals surface area (Å²) in [5, 5.41) is 11.9. The van der Waals surface area contributed by atoms with Gasteiger partial charge in [0.1, 0.15) is 0 Å². The number of aliphatic carboxylic acids is 1. The molecule has 16 heavy (non-hydrogen) atoms. The number of rotatable bonds is 4. The van der Waals surface area contributed by atoms with E-state index in [1.807, 2.05) is 7.05 Å². The van der Waals surface area contributed by atoms with E-state index in [1.54, 1.807) is 0 Å². The third-order valence-corrected chi connectivity index (χ3v) is 5.11. The topological polar surface area (TPSA) is 49.3 Å². The van der Waals surface area contributed by atoms with Crippen molar-refractivity contribution in [1.82, 2.24) is 0 Å². The lowest BCUT2D eigenvalue weighted by atomic mass is 10.1. The summed E-state index contributed by atoms with van der Waals surface area (Å²) in [6, 6.07) is 2.08. The third-order valence-electron chi connectivity index (χ3n) is 2.10. The second-order valence-electron chi connectivity index (χ2n) is 3.15. The van der Waals surface area contributed by atoms with Gasteiger partial charge in [-0.05, 0) is 85.8 Å². The molecule has 2 N–H and O–H groups in total. The van der Waals surface area contributed by atoms with Crippen LogP contribution in [0.2, 0.25) is 0 Å². The van der Waals surface area contributed by atoms with Crippen molar-refractivity contribution in [2.75, 3.05) is 12.4 Å². The molecule has 0 aliphatic heterocycles. The number of nitrogens with one attached hydrogen (secondary N) is 1. The Hall–Kier alpha value is 0.680. The van der Waals surface area contributed by atoms with Crippen LogP contribution in [0, 0.1) is 10.7 Å². The predicted molar refractivity (Wildman–Crippen MR) is 90.1 cm³/mol. The van der Waals surface area contributed by atoms with Gasteiger partial charge in [-0.3, -0.25) is 4.79 Å². The highest BCUT2D eigenvalue weighted by atomic mass is 127. The van der Waals surface area contributed by atoms with E-state index < -0.39 is 5.97 Å². The van der Waals surface area contributed by atoms with E-state index in [0.29, 0.717) is 6.42 Å². The highest BCUT2D eigenvalue weighted by molar-refractivity contribution is 14.1. The van der Waals surface area contributed by atoms with Crippen molar-refractivity contribution in [3.8, 4) is 0 Å². The molecule has 0 saturated carbocycles. The maximum Gasteiger partial charge on any atom is 0.303 e. The number of benzene rings is 1. The van der Waals surface area contributed by atoms with Crippen molar-refractivity contribution in [3.63, 3.8) is 0 Å². The largest absolute Gasteiger partial charge is 0.481 e. The number of carbonyl (C=O) groups is 1. The molecular weight excluding hydrogens is 547 g/mol. The van der Waals surface area contributed by atoms with Crippen molar-refractivity contribution in [2.24, 2.45) is 0 Å². The Balaban J connectivity index is 3.12. The SMILES string of the molecule is CNc1c(I)cc(I)c(CCC(=O)O)c1I. The number of hydrogen-bond acceptors (Lipinski definition) is 2. The summed E-state index contributed by atoms with van der Waals surface area (Å²) in [5.74, 6) is -0.754. The Kier molecular flexibility index (Phi) is 6.05. The molecule has 0 spiro atoms. The smallest absolute Gasteiger partial charge is 0.303 e. The normalized spacial score (nSPS) is 10.2. The van der Waals surface area contributed by atoms with E-state index >= 15 is 0 Å². The molecule has 0 radical (unpaired) electrons. The van der Waals surface area contributed by atoms with E-state index in [4.69, 9.17) is 5.11 Å². The molecule has 3 nitrogen and oxygen atoms in total. The van der Waals surface area contributed by atoms with Gasteiger partial charge in [-0.1, -0.05) is 0 Å². The molecule has 0 amide bonds. The van der Waals surface area contributed by atoms with Crippen LogP contribution in [0.25, 0.3) is 0 Å². The van der Waals surface area contributed by atoms with Crippen LogP contribution in [0.4, 0.5) is 5.69 Å². The van der Waals surface area contributed by atoms with Crippen molar-refractivity contribution in [3.05, 3.63) is 22.3 Å². The molecule has 1 rings (SSSR count). The molecule has 88 valence electrons. The Morgan fingerprint density at radius 1 is 1.38 bits per heavy atom. The van der Waals surface area contributed by atoms with Crippen LogP contribution in [0.1, 0.15) is 12.0 Å². The zero-order valence-corrected chi connectivity index (χ0v) is 15.0. The third kappa shape index (κ3) is 3.59. The first-order valence-corrected chi connectivity index (χ1v) is 7.77. The Labute approximate surface area is 135 Å². The quantitative estimate of drug-likeness (QED) is 0.558. The molecule has 1 aromatic rings. The van der Waals surface area contributed by atoms with E-state index in [2.05, 4.69) is 79.2 Å². The van der Waals surface area contributed by atoms with Gasteiger partial charge in [0.2, 0.25) is 0 Å². The van der Waals surface area contributed by atoms with Crippen molar-refractivity contribution >= 4 is 79.4 Å². The minimum Gasteiger partial charge on any atom is -0.481 e. The molecule has 0 aromatic heterocycles. The first kappa shape index (κ1) is 14.7. The fraction of sp³-hybridized carbons (Fsp3) is 0.300. The molecular formula is C10H10I3NO2. The monoisotopic (exact) mass is 557 g/mol. The van der Waals surface area contributed by atoms with E-state index in [1.165, 1.54) is 0 Å². The van der Waals surface area contributed by atoms with Gasteiger partial charge in [-0.25, -0.2) is 0 Å². The average Bonchev–Trinajstić information content (AvgIpc) is 2.16. The summed E-state index contributed by atoms with van der Waals surface area (Å²) in [6.07, 6.45) is 0.757. The number of anilines is 1. The van der Waals surface area contributed by atoms with E-state index in [-0.39, 0.29) is 6.42 Å². The predicted octanol–water partition coefficient (Wildman–Crippen LogP) is 3.56. The molecule has 0 aliphatic carbocycles. The highest BCUT2D eigenvalue weighted by Gasteiger charge is 2.13. The zero-order chi connectivity index (χ0) is 12.3. The number of hydrogen-bond donors (Lipinski definition) is 2. The molecule has 0 fully saturated rings. The molecule has 6 heteroatoms. The van der Waals surface area contributed by atoms with Gasteiger partial charge >= 0.3 is 5.97 Å². The van der Waals surface area contributed by atoms with Crippen LogP contribution in [0.15, 0.2) is 6.07 Å². The van der Waals surface area contributed by atoms with Crippen LogP contribution >= 0.6 is 67.8 Å². The number of carboxylic acids is 1. The zero-order valence-electron chi connectivity index (χ0n) is 8.48. The average molecular weight is 557 g/mol. The lowest BCUT2D eigenvalue weighted by molar-refractivity contribution is -0.136. The Morgan fingerprint density at radius 3 is 2.50 bits per heavy atom. The second kappa shape index (κ2) is 6.57. The summed E-state index contributed by atoms with van der Waals surface area (Å²) >= 11 is 6.82. The summed E-state index contributed by atoms with van der Waals surface area (Å²) in [6.45, 7) is 0.